The van der Waals surface area contributed by atoms with Gasteiger partial charge in [-0.1, -0.05) is 74.5 Å². The van der Waals surface area contributed by atoms with E-state index in [1.807, 2.05) is 0 Å². The smallest absolute Gasteiger partial charge is 0.0413 e. The minimum absolute atomic E-state index is 0.836. The maximum absolute atomic E-state index is 3.64. The lowest BCUT2D eigenvalue weighted by molar-refractivity contribution is 1.04. The first-order valence-electron chi connectivity index (χ1n) is 10.0. The highest BCUT2D eigenvalue weighted by molar-refractivity contribution is 5.92. The average molecular weight is 354 g/mol. The third-order valence-corrected chi connectivity index (χ3v) is 5.65. The molecule has 3 aromatic carbocycles. The van der Waals surface area contributed by atoms with Gasteiger partial charge in [0.1, 0.15) is 0 Å². The van der Waals surface area contributed by atoms with Gasteiger partial charge in [-0.05, 0) is 70.0 Å². The second-order valence-electron chi connectivity index (χ2n) is 7.13. The van der Waals surface area contributed by atoms with E-state index in [2.05, 4.69) is 92.0 Å². The fourth-order valence-corrected chi connectivity index (χ4v) is 4.29. The zero-order valence-electron chi connectivity index (χ0n) is 16.3. The van der Waals surface area contributed by atoms with Crippen molar-refractivity contribution in [3.63, 3.8) is 0 Å². The van der Waals surface area contributed by atoms with Crippen LogP contribution in [0.4, 0.5) is 5.69 Å². The van der Waals surface area contributed by atoms with Gasteiger partial charge < -0.3 is 5.32 Å². The summed E-state index contributed by atoms with van der Waals surface area (Å²) >= 11 is 0. The first-order chi connectivity index (χ1) is 13.3. The van der Waals surface area contributed by atoms with E-state index in [4.69, 9.17) is 0 Å². The summed E-state index contributed by atoms with van der Waals surface area (Å²) in [7, 11) is 0. The molecule has 27 heavy (non-hydrogen) atoms. The van der Waals surface area contributed by atoms with Crippen molar-refractivity contribution in [3.05, 3.63) is 95.1 Å². The Labute approximate surface area is 162 Å². The number of hydrogen-bond donors (Lipinski definition) is 1. The Morgan fingerprint density at radius 3 is 2.37 bits per heavy atom. The number of allylic oxidation sites excluding steroid dienone is 4. The van der Waals surface area contributed by atoms with Crippen molar-refractivity contribution in [1.29, 1.82) is 0 Å². The van der Waals surface area contributed by atoms with Crippen molar-refractivity contribution in [1.82, 2.24) is 0 Å². The zero-order valence-corrected chi connectivity index (χ0v) is 16.3. The van der Waals surface area contributed by atoms with Gasteiger partial charge in [0.2, 0.25) is 0 Å². The minimum Gasteiger partial charge on any atom is -0.381 e. The first-order valence-corrected chi connectivity index (χ1v) is 10.0. The summed E-state index contributed by atoms with van der Waals surface area (Å²) in [6.45, 7) is 5.39. The summed E-state index contributed by atoms with van der Waals surface area (Å²) in [6, 6.07) is 23.8. The van der Waals surface area contributed by atoms with Gasteiger partial charge in [-0.3, -0.25) is 0 Å². The number of nitrogens with one attached hydrogen (secondary N) is 1. The number of para-hydroxylation sites is 1. The van der Waals surface area contributed by atoms with Crippen LogP contribution < -0.4 is 5.32 Å². The monoisotopic (exact) mass is 353 g/mol. The molecule has 1 heteroatoms. The average Bonchev–Trinajstić information content (AvgIpc) is 3.15. The van der Waals surface area contributed by atoms with Gasteiger partial charge in [0.05, 0.1) is 0 Å². The van der Waals surface area contributed by atoms with Gasteiger partial charge in [-0.2, -0.15) is 0 Å². The van der Waals surface area contributed by atoms with Gasteiger partial charge in [0, 0.05) is 12.2 Å². The Morgan fingerprint density at radius 2 is 1.59 bits per heavy atom. The van der Waals surface area contributed by atoms with Crippen LogP contribution in [-0.4, -0.2) is 0 Å². The summed E-state index contributed by atoms with van der Waals surface area (Å²) in [5, 5.41) is 6.30. The van der Waals surface area contributed by atoms with Crippen molar-refractivity contribution < 1.29 is 0 Å². The highest BCUT2D eigenvalue weighted by Crippen LogP contribution is 2.40. The highest BCUT2D eigenvalue weighted by Gasteiger charge is 2.19. The molecule has 4 rings (SSSR count). The maximum Gasteiger partial charge on any atom is 0.0413 e. The van der Waals surface area contributed by atoms with Gasteiger partial charge >= 0.3 is 0 Å². The lowest BCUT2D eigenvalue weighted by Crippen LogP contribution is -2.04. The van der Waals surface area contributed by atoms with E-state index in [-0.39, 0.29) is 0 Å². The molecule has 0 heterocycles. The molecule has 1 aliphatic rings. The zero-order chi connectivity index (χ0) is 18.6. The predicted molar refractivity (Wildman–Crippen MR) is 118 cm³/mol. The standard InChI is InChI=1S/C26H27N/c1-3-19-14-16-24(22(19)4-2)25-17-15-20-10-8-9-13-23(20)26(25)18-27-21-11-6-5-7-12-21/h5-15,17,27H,3-4,16,18H2,1-2H3. The summed E-state index contributed by atoms with van der Waals surface area (Å²) in [5.41, 5.74) is 8.58. The molecule has 0 amide bonds. The van der Waals surface area contributed by atoms with E-state index in [1.165, 1.54) is 38.7 Å². The lowest BCUT2D eigenvalue weighted by Gasteiger charge is -2.18. The second kappa shape index (κ2) is 7.84. The number of anilines is 1. The minimum atomic E-state index is 0.836. The Bertz CT molecular complexity index is 1010. The molecule has 0 saturated heterocycles. The van der Waals surface area contributed by atoms with Crippen molar-refractivity contribution in [2.75, 3.05) is 5.32 Å². The van der Waals surface area contributed by atoms with E-state index in [0.717, 1.165) is 25.8 Å². The number of rotatable bonds is 6. The van der Waals surface area contributed by atoms with E-state index in [1.54, 1.807) is 5.57 Å². The van der Waals surface area contributed by atoms with Crippen molar-refractivity contribution in [2.45, 2.75) is 39.7 Å². The van der Waals surface area contributed by atoms with Crippen LogP contribution >= 0.6 is 0 Å². The summed E-state index contributed by atoms with van der Waals surface area (Å²) < 4.78 is 0. The number of benzene rings is 3. The van der Waals surface area contributed by atoms with E-state index >= 15 is 0 Å². The van der Waals surface area contributed by atoms with Crippen molar-refractivity contribution in [3.8, 4) is 0 Å². The highest BCUT2D eigenvalue weighted by atomic mass is 14.9. The molecule has 136 valence electrons. The summed E-state index contributed by atoms with van der Waals surface area (Å²) in [6.07, 6.45) is 5.71. The van der Waals surface area contributed by atoms with Crippen LogP contribution in [0.25, 0.3) is 16.3 Å². The molecule has 0 aromatic heterocycles. The lowest BCUT2D eigenvalue weighted by atomic mass is 9.90. The van der Waals surface area contributed by atoms with Gasteiger partial charge in [-0.15, -0.1) is 0 Å². The molecule has 3 aromatic rings. The molecular formula is C26H27N. The first kappa shape index (κ1) is 17.6. The molecule has 1 nitrogen and oxygen atoms in total. The van der Waals surface area contributed by atoms with Gasteiger partial charge in [0.25, 0.3) is 0 Å². The van der Waals surface area contributed by atoms with Crippen LogP contribution in [-0.2, 0) is 6.54 Å². The van der Waals surface area contributed by atoms with Gasteiger partial charge in [-0.25, -0.2) is 0 Å². The second-order valence-corrected chi connectivity index (χ2v) is 7.13. The summed E-state index contributed by atoms with van der Waals surface area (Å²) in [4.78, 5) is 0. The van der Waals surface area contributed by atoms with Crippen molar-refractivity contribution in [2.24, 2.45) is 0 Å². The molecule has 0 fully saturated rings. The van der Waals surface area contributed by atoms with Crippen LogP contribution in [0.1, 0.15) is 44.2 Å². The predicted octanol–water partition coefficient (Wildman–Crippen LogP) is 7.36. The number of fused-ring (bicyclic) bond motifs is 1. The fraction of sp³-hybridized carbons (Fsp3) is 0.231. The van der Waals surface area contributed by atoms with Gasteiger partial charge in [0.15, 0.2) is 0 Å². The molecule has 0 unspecified atom stereocenters. The SMILES string of the molecule is CCC1=CCC(c2ccc3ccccc3c2CNc2ccccc2)=C1CC. The molecule has 0 saturated carbocycles. The third-order valence-electron chi connectivity index (χ3n) is 5.65. The molecule has 0 radical (unpaired) electrons. The number of hydrogen-bond acceptors (Lipinski definition) is 1. The van der Waals surface area contributed by atoms with Crippen molar-refractivity contribution >= 4 is 22.0 Å². The molecular weight excluding hydrogens is 326 g/mol. The van der Waals surface area contributed by atoms with Crippen LogP contribution in [0.3, 0.4) is 0 Å². The maximum atomic E-state index is 3.64. The molecule has 0 atom stereocenters. The molecule has 0 bridgehead atoms. The third kappa shape index (κ3) is 3.42. The topological polar surface area (TPSA) is 12.0 Å². The molecule has 0 spiro atoms. The van der Waals surface area contributed by atoms with Crippen LogP contribution in [0.15, 0.2) is 84.0 Å². The van der Waals surface area contributed by atoms with E-state index < -0.39 is 0 Å². The Hall–Kier alpha value is -2.80. The fourth-order valence-electron chi connectivity index (χ4n) is 4.29. The molecule has 1 aliphatic carbocycles. The quantitative estimate of drug-likeness (QED) is 0.488. The summed E-state index contributed by atoms with van der Waals surface area (Å²) in [5.74, 6) is 0. The largest absolute Gasteiger partial charge is 0.381 e. The normalized spacial score (nSPS) is 13.9. The van der Waals surface area contributed by atoms with E-state index in [9.17, 15) is 0 Å². The van der Waals surface area contributed by atoms with Crippen LogP contribution in [0, 0.1) is 0 Å². The Balaban J connectivity index is 1.81. The van der Waals surface area contributed by atoms with Crippen LogP contribution in [0.2, 0.25) is 0 Å². The van der Waals surface area contributed by atoms with E-state index in [0.29, 0.717) is 0 Å². The molecule has 1 N–H and O–H groups in total. The van der Waals surface area contributed by atoms with Crippen LogP contribution in [0.5, 0.6) is 0 Å². The Morgan fingerprint density at radius 1 is 0.815 bits per heavy atom. The Kier molecular flexibility index (Phi) is 5.11. The molecule has 0 aliphatic heterocycles.